The lowest BCUT2D eigenvalue weighted by molar-refractivity contribution is -0.135. The Morgan fingerprint density at radius 3 is 2.24 bits per heavy atom. The molecule has 0 bridgehead atoms. The van der Waals surface area contributed by atoms with Crippen molar-refractivity contribution in [2.45, 2.75) is 38.1 Å². The van der Waals surface area contributed by atoms with Gasteiger partial charge < -0.3 is 4.90 Å². The fourth-order valence-electron chi connectivity index (χ4n) is 3.92. The topological polar surface area (TPSA) is 69.7 Å². The van der Waals surface area contributed by atoms with Crippen LogP contribution in [0.25, 0.3) is 6.08 Å². The van der Waals surface area contributed by atoms with Gasteiger partial charge in [0.05, 0.1) is 4.90 Å². The molecule has 7 heteroatoms. The molecule has 2 aromatic carbocycles. The predicted octanol–water partition coefficient (Wildman–Crippen LogP) is 3.55. The molecule has 1 amide bonds. The molecular weight excluding hydrogens is 434 g/mol. The number of sulfonamides is 1. The number of hydrogen-bond acceptors (Lipinski definition) is 4. The second-order valence-electron chi connectivity index (χ2n) is 9.06. The summed E-state index contributed by atoms with van der Waals surface area (Å²) in [5, 5.41) is 0. The molecular formula is C26H35N3O3S. The number of amides is 1. The molecule has 6 nitrogen and oxygen atoms in total. The Kier molecular flexibility index (Phi) is 8.83. The second kappa shape index (κ2) is 11.6. The Morgan fingerprint density at radius 1 is 1.00 bits per heavy atom. The van der Waals surface area contributed by atoms with Crippen LogP contribution >= 0.6 is 0 Å². The Balaban J connectivity index is 1.58. The first kappa shape index (κ1) is 25.1. The number of carbonyl (C=O) groups is 1. The van der Waals surface area contributed by atoms with Crippen LogP contribution in [0.3, 0.4) is 0 Å². The molecule has 0 radical (unpaired) electrons. The maximum absolute atomic E-state index is 13.3. The van der Waals surface area contributed by atoms with E-state index in [4.69, 9.17) is 0 Å². The van der Waals surface area contributed by atoms with Crippen molar-refractivity contribution >= 4 is 22.0 Å². The number of nitrogens with zero attached hydrogens (tertiary/aromatic N) is 2. The minimum absolute atomic E-state index is 0.140. The molecule has 1 fully saturated rings. The Bertz CT molecular complexity index is 1030. The summed E-state index contributed by atoms with van der Waals surface area (Å²) >= 11 is 0. The van der Waals surface area contributed by atoms with Crippen LogP contribution in [0.4, 0.5) is 0 Å². The summed E-state index contributed by atoms with van der Waals surface area (Å²) in [5.41, 5.74) is 2.16. The molecule has 1 atom stereocenters. The highest BCUT2D eigenvalue weighted by Gasteiger charge is 2.31. The van der Waals surface area contributed by atoms with Crippen molar-refractivity contribution in [1.29, 1.82) is 0 Å². The van der Waals surface area contributed by atoms with Gasteiger partial charge in [0.2, 0.25) is 15.9 Å². The van der Waals surface area contributed by atoms with Crippen LogP contribution in [0.5, 0.6) is 0 Å². The maximum atomic E-state index is 13.3. The van der Waals surface area contributed by atoms with Crippen molar-refractivity contribution in [3.05, 3.63) is 71.8 Å². The third-order valence-electron chi connectivity index (χ3n) is 5.79. The minimum Gasteiger partial charge on any atom is -0.339 e. The van der Waals surface area contributed by atoms with Crippen LogP contribution in [0.1, 0.15) is 31.4 Å². The highest BCUT2D eigenvalue weighted by molar-refractivity contribution is 7.89. The molecule has 2 aromatic rings. The number of rotatable bonds is 9. The van der Waals surface area contributed by atoms with E-state index in [2.05, 4.69) is 33.9 Å². The van der Waals surface area contributed by atoms with Crippen LogP contribution < -0.4 is 4.72 Å². The number of benzene rings is 2. The van der Waals surface area contributed by atoms with Gasteiger partial charge in [-0.15, -0.1) is 0 Å². The van der Waals surface area contributed by atoms with Crippen molar-refractivity contribution in [2.75, 3.05) is 32.7 Å². The van der Waals surface area contributed by atoms with Gasteiger partial charge in [-0.1, -0.05) is 74.0 Å². The number of nitrogens with one attached hydrogen (secondary N) is 1. The number of hydrogen-bond donors (Lipinski definition) is 1. The second-order valence-corrected chi connectivity index (χ2v) is 10.8. The van der Waals surface area contributed by atoms with Gasteiger partial charge in [0.15, 0.2) is 0 Å². The molecule has 178 valence electrons. The third-order valence-corrected chi connectivity index (χ3v) is 7.28. The standard InChI is InChI=1S/C26H35N3O3S/c1-21(2)20-25(27-33(31,32)24-13-11-22(3)12-14-24)26(30)29-18-16-28(17-19-29)15-7-10-23-8-5-4-6-9-23/h4-14,21,25,27H,15-20H2,1-3H3/b10-7+/t25-/m1/s1. The summed E-state index contributed by atoms with van der Waals surface area (Å²) in [7, 11) is -3.77. The van der Waals surface area contributed by atoms with Crippen LogP contribution in [0, 0.1) is 12.8 Å². The van der Waals surface area contributed by atoms with Crippen molar-refractivity contribution in [3.8, 4) is 0 Å². The summed E-state index contributed by atoms with van der Waals surface area (Å²) in [4.78, 5) is 17.6. The van der Waals surface area contributed by atoms with E-state index in [0.717, 1.165) is 25.2 Å². The van der Waals surface area contributed by atoms with E-state index in [9.17, 15) is 13.2 Å². The maximum Gasteiger partial charge on any atom is 0.241 e. The fourth-order valence-corrected chi connectivity index (χ4v) is 5.12. The molecule has 0 spiro atoms. The molecule has 0 saturated carbocycles. The van der Waals surface area contributed by atoms with Gasteiger partial charge in [0.1, 0.15) is 6.04 Å². The van der Waals surface area contributed by atoms with Crippen LogP contribution in [-0.2, 0) is 14.8 Å². The molecule has 1 aliphatic rings. The minimum atomic E-state index is -3.77. The predicted molar refractivity (Wildman–Crippen MR) is 133 cm³/mol. The van der Waals surface area contributed by atoms with Crippen molar-refractivity contribution < 1.29 is 13.2 Å². The van der Waals surface area contributed by atoms with Gasteiger partial charge in [-0.2, -0.15) is 4.72 Å². The van der Waals surface area contributed by atoms with Crippen molar-refractivity contribution in [3.63, 3.8) is 0 Å². The number of aryl methyl sites for hydroxylation is 1. The zero-order chi connectivity index (χ0) is 23.8. The van der Waals surface area contributed by atoms with Gasteiger partial charge in [0, 0.05) is 32.7 Å². The van der Waals surface area contributed by atoms with Gasteiger partial charge in [-0.25, -0.2) is 8.42 Å². The van der Waals surface area contributed by atoms with Crippen LogP contribution in [0.15, 0.2) is 65.6 Å². The average molecular weight is 470 g/mol. The van der Waals surface area contributed by atoms with E-state index in [-0.39, 0.29) is 16.7 Å². The lowest BCUT2D eigenvalue weighted by atomic mass is 10.0. The van der Waals surface area contributed by atoms with E-state index in [0.29, 0.717) is 19.5 Å². The molecule has 0 unspecified atom stereocenters. The van der Waals surface area contributed by atoms with E-state index < -0.39 is 16.1 Å². The lowest BCUT2D eigenvalue weighted by Gasteiger charge is -2.36. The first-order valence-electron chi connectivity index (χ1n) is 11.6. The monoisotopic (exact) mass is 469 g/mol. The first-order valence-corrected chi connectivity index (χ1v) is 13.0. The quantitative estimate of drug-likeness (QED) is 0.610. The lowest BCUT2D eigenvalue weighted by Crippen LogP contribution is -2.55. The Hall–Kier alpha value is -2.48. The summed E-state index contributed by atoms with van der Waals surface area (Å²) in [6.07, 6.45) is 4.71. The fraction of sp³-hybridized carbons (Fsp3) is 0.423. The van der Waals surface area contributed by atoms with Gasteiger partial charge in [-0.05, 0) is 37.0 Å². The van der Waals surface area contributed by atoms with E-state index in [1.165, 1.54) is 5.56 Å². The molecule has 0 aromatic heterocycles. The smallest absolute Gasteiger partial charge is 0.241 e. The molecule has 1 N–H and O–H groups in total. The number of piperazine rings is 1. The Morgan fingerprint density at radius 2 is 1.64 bits per heavy atom. The van der Waals surface area contributed by atoms with Crippen LogP contribution in [0.2, 0.25) is 0 Å². The van der Waals surface area contributed by atoms with E-state index in [1.807, 2.05) is 39.0 Å². The van der Waals surface area contributed by atoms with Gasteiger partial charge >= 0.3 is 0 Å². The normalized spacial score (nSPS) is 16.4. The zero-order valence-corrected chi connectivity index (χ0v) is 20.6. The van der Waals surface area contributed by atoms with Gasteiger partial charge in [0.25, 0.3) is 0 Å². The van der Waals surface area contributed by atoms with Crippen LogP contribution in [-0.4, -0.2) is 62.9 Å². The molecule has 0 aliphatic carbocycles. The SMILES string of the molecule is Cc1ccc(S(=O)(=O)N[C@H](CC(C)C)C(=O)N2CCN(C/C=C/c3ccccc3)CC2)cc1. The highest BCUT2D eigenvalue weighted by atomic mass is 32.2. The highest BCUT2D eigenvalue weighted by Crippen LogP contribution is 2.16. The summed E-state index contributed by atoms with van der Waals surface area (Å²) < 4.78 is 28.5. The molecule has 1 saturated heterocycles. The third kappa shape index (κ3) is 7.52. The van der Waals surface area contributed by atoms with E-state index in [1.54, 1.807) is 29.2 Å². The number of carbonyl (C=O) groups excluding carboxylic acids is 1. The largest absolute Gasteiger partial charge is 0.339 e. The summed E-state index contributed by atoms with van der Waals surface area (Å²) in [6, 6.07) is 16.1. The Labute approximate surface area is 198 Å². The van der Waals surface area contributed by atoms with E-state index >= 15 is 0 Å². The average Bonchev–Trinajstić information content (AvgIpc) is 2.79. The molecule has 33 heavy (non-hydrogen) atoms. The zero-order valence-electron chi connectivity index (χ0n) is 19.8. The summed E-state index contributed by atoms with van der Waals surface area (Å²) in [5.74, 6) is 0.0444. The first-order chi connectivity index (χ1) is 15.7. The van der Waals surface area contributed by atoms with Crippen molar-refractivity contribution in [2.24, 2.45) is 5.92 Å². The molecule has 3 rings (SSSR count). The molecule has 1 aliphatic heterocycles. The van der Waals surface area contributed by atoms with Crippen molar-refractivity contribution in [1.82, 2.24) is 14.5 Å². The van der Waals surface area contributed by atoms with Gasteiger partial charge in [-0.3, -0.25) is 9.69 Å². The summed E-state index contributed by atoms with van der Waals surface area (Å²) in [6.45, 7) is 9.46. The molecule has 1 heterocycles.